The summed E-state index contributed by atoms with van der Waals surface area (Å²) >= 11 is 15.1. The molecule has 0 amide bonds. The zero-order valence-electron chi connectivity index (χ0n) is 26.6. The second-order valence-electron chi connectivity index (χ2n) is 12.3. The summed E-state index contributed by atoms with van der Waals surface area (Å²) in [6.07, 6.45) is 10.7. The van der Waals surface area contributed by atoms with Gasteiger partial charge in [-0.05, 0) is 87.8 Å². The number of imidazole rings is 2. The maximum atomic E-state index is 6.09. The van der Waals surface area contributed by atoms with E-state index < -0.39 is 0 Å². The van der Waals surface area contributed by atoms with Crippen molar-refractivity contribution >= 4 is 67.7 Å². The lowest BCUT2D eigenvalue weighted by atomic mass is 10.1. The summed E-state index contributed by atoms with van der Waals surface area (Å²) in [6, 6.07) is 13.0. The SMILES string of the molecule is CC(C)(C)n1ccc(-c2cccc(Nc3cc(Cl)nn4ccnc34)n2)n1.CC(C)(C)n1ccc(N)n1.Clc1cc(Br)c2nccn2n1. The molecule has 0 spiro atoms. The van der Waals surface area contributed by atoms with E-state index >= 15 is 0 Å². The summed E-state index contributed by atoms with van der Waals surface area (Å²) < 4.78 is 7.87. The maximum absolute atomic E-state index is 6.09. The van der Waals surface area contributed by atoms with E-state index in [-0.39, 0.29) is 11.1 Å². The smallest absolute Gasteiger partial charge is 0.177 e. The summed E-state index contributed by atoms with van der Waals surface area (Å²) in [7, 11) is 0. The van der Waals surface area contributed by atoms with Crippen molar-refractivity contribution < 1.29 is 0 Å². The largest absolute Gasteiger partial charge is 0.382 e. The molecule has 244 valence electrons. The Morgan fingerprint density at radius 3 is 1.89 bits per heavy atom. The average molecular weight is 740 g/mol. The van der Waals surface area contributed by atoms with Crippen LogP contribution in [0.4, 0.5) is 17.3 Å². The first-order valence-electron chi connectivity index (χ1n) is 14.4. The minimum Gasteiger partial charge on any atom is -0.382 e. The molecule has 0 aliphatic rings. The predicted molar refractivity (Wildman–Crippen MR) is 189 cm³/mol. The number of rotatable bonds is 3. The summed E-state index contributed by atoms with van der Waals surface area (Å²) in [6.45, 7) is 12.6. The van der Waals surface area contributed by atoms with Crippen LogP contribution in [0.3, 0.4) is 0 Å². The third kappa shape index (κ3) is 8.44. The van der Waals surface area contributed by atoms with E-state index in [0.29, 0.717) is 27.6 Å². The molecule has 0 saturated heterocycles. The number of nitrogen functional groups attached to an aromatic ring is 1. The van der Waals surface area contributed by atoms with Crippen LogP contribution in [-0.4, -0.2) is 53.7 Å². The Morgan fingerprint density at radius 2 is 1.30 bits per heavy atom. The fourth-order valence-corrected chi connectivity index (χ4v) is 5.17. The molecule has 0 aromatic carbocycles. The number of nitrogens with one attached hydrogen (secondary N) is 1. The number of fused-ring (bicyclic) bond motifs is 2. The zero-order chi connectivity index (χ0) is 33.9. The topological polar surface area (TPSA) is 147 Å². The molecule has 3 N–H and O–H groups in total. The Morgan fingerprint density at radius 1 is 0.702 bits per heavy atom. The van der Waals surface area contributed by atoms with Gasteiger partial charge in [-0.2, -0.15) is 20.4 Å². The fraction of sp³-hybridized carbons (Fsp3) is 0.258. The summed E-state index contributed by atoms with van der Waals surface area (Å²) in [5, 5.41) is 21.0. The molecular weight excluding hydrogens is 705 g/mol. The van der Waals surface area contributed by atoms with Crippen LogP contribution in [0.1, 0.15) is 41.5 Å². The van der Waals surface area contributed by atoms with Crippen LogP contribution >= 0.6 is 39.1 Å². The number of nitrogens with two attached hydrogens (primary N) is 1. The number of nitrogens with zero attached hydrogens (tertiary/aromatic N) is 11. The van der Waals surface area contributed by atoms with E-state index in [4.69, 9.17) is 28.9 Å². The molecule has 0 aliphatic heterocycles. The van der Waals surface area contributed by atoms with Crippen molar-refractivity contribution in [2.24, 2.45) is 0 Å². The molecule has 7 rings (SSSR count). The number of hydrogen-bond donors (Lipinski definition) is 2. The lowest BCUT2D eigenvalue weighted by molar-refractivity contribution is 0.356. The maximum Gasteiger partial charge on any atom is 0.177 e. The number of pyridine rings is 1. The third-order valence-corrected chi connectivity index (χ3v) is 7.41. The summed E-state index contributed by atoms with van der Waals surface area (Å²) in [5.41, 5.74) is 9.21. The molecule has 7 heterocycles. The highest BCUT2D eigenvalue weighted by molar-refractivity contribution is 9.10. The Bertz CT molecular complexity index is 2120. The summed E-state index contributed by atoms with van der Waals surface area (Å²) in [5.74, 6) is 1.26. The van der Waals surface area contributed by atoms with E-state index in [1.54, 1.807) is 52.0 Å². The molecule has 0 fully saturated rings. The van der Waals surface area contributed by atoms with Gasteiger partial charge in [0.2, 0.25) is 0 Å². The third-order valence-electron chi connectivity index (χ3n) is 6.46. The Kier molecular flexibility index (Phi) is 9.84. The van der Waals surface area contributed by atoms with E-state index in [9.17, 15) is 0 Å². The van der Waals surface area contributed by atoms with Crippen molar-refractivity contribution in [1.82, 2.24) is 53.7 Å². The van der Waals surface area contributed by atoms with E-state index in [1.807, 2.05) is 46.0 Å². The van der Waals surface area contributed by atoms with Crippen molar-refractivity contribution in [3.8, 4) is 11.4 Å². The molecular formula is C31H34BrCl2N13. The van der Waals surface area contributed by atoms with Crippen molar-refractivity contribution in [2.45, 2.75) is 52.6 Å². The van der Waals surface area contributed by atoms with Gasteiger partial charge < -0.3 is 11.1 Å². The molecule has 47 heavy (non-hydrogen) atoms. The van der Waals surface area contributed by atoms with Gasteiger partial charge in [0.15, 0.2) is 21.6 Å². The van der Waals surface area contributed by atoms with Crippen molar-refractivity contribution in [3.63, 3.8) is 0 Å². The zero-order valence-corrected chi connectivity index (χ0v) is 29.7. The van der Waals surface area contributed by atoms with Crippen molar-refractivity contribution in [3.05, 3.63) is 94.4 Å². The van der Waals surface area contributed by atoms with Crippen LogP contribution < -0.4 is 11.1 Å². The number of anilines is 3. The first kappa shape index (κ1) is 33.8. The van der Waals surface area contributed by atoms with Gasteiger partial charge in [0.05, 0.1) is 26.9 Å². The van der Waals surface area contributed by atoms with E-state index in [1.165, 1.54) is 0 Å². The fourth-order valence-electron chi connectivity index (χ4n) is 4.16. The minimum absolute atomic E-state index is 0.0393. The van der Waals surface area contributed by atoms with E-state index in [2.05, 4.69) is 98.1 Å². The van der Waals surface area contributed by atoms with Crippen LogP contribution in [0.25, 0.3) is 22.7 Å². The van der Waals surface area contributed by atoms with Crippen molar-refractivity contribution in [2.75, 3.05) is 11.1 Å². The van der Waals surface area contributed by atoms with Crippen LogP contribution in [0.2, 0.25) is 10.3 Å². The molecule has 7 aromatic rings. The molecule has 0 radical (unpaired) electrons. The van der Waals surface area contributed by atoms with Crippen LogP contribution in [0, 0.1) is 0 Å². The minimum atomic E-state index is -0.0752. The number of aromatic nitrogens is 11. The number of halogens is 3. The molecule has 0 bridgehead atoms. The Balaban J connectivity index is 0.000000169. The monoisotopic (exact) mass is 737 g/mol. The molecule has 0 saturated carbocycles. The highest BCUT2D eigenvalue weighted by Gasteiger charge is 2.16. The van der Waals surface area contributed by atoms with Gasteiger partial charge in [-0.1, -0.05) is 29.3 Å². The van der Waals surface area contributed by atoms with E-state index in [0.717, 1.165) is 27.2 Å². The number of hydrogen-bond acceptors (Lipinski definition) is 9. The van der Waals surface area contributed by atoms with Gasteiger partial charge in [0.25, 0.3) is 0 Å². The van der Waals surface area contributed by atoms with Crippen LogP contribution in [0.5, 0.6) is 0 Å². The summed E-state index contributed by atoms with van der Waals surface area (Å²) in [4.78, 5) is 13.0. The van der Waals surface area contributed by atoms with Gasteiger partial charge in [0, 0.05) is 43.2 Å². The molecule has 16 heteroatoms. The van der Waals surface area contributed by atoms with Gasteiger partial charge in [-0.3, -0.25) is 9.36 Å². The van der Waals surface area contributed by atoms with Crippen LogP contribution in [0.15, 0.2) is 84.1 Å². The predicted octanol–water partition coefficient (Wildman–Crippen LogP) is 7.51. The molecule has 0 atom stereocenters. The Labute approximate surface area is 289 Å². The first-order valence-corrected chi connectivity index (χ1v) is 16.0. The molecule has 0 aliphatic carbocycles. The average Bonchev–Trinajstić information content (AvgIpc) is 3.80. The van der Waals surface area contributed by atoms with Gasteiger partial charge in [-0.25, -0.2) is 24.0 Å². The molecule has 13 nitrogen and oxygen atoms in total. The lowest BCUT2D eigenvalue weighted by Gasteiger charge is -2.18. The lowest BCUT2D eigenvalue weighted by Crippen LogP contribution is -2.22. The second-order valence-corrected chi connectivity index (χ2v) is 13.9. The quantitative estimate of drug-likeness (QED) is 0.188. The first-order chi connectivity index (χ1) is 22.2. The Hall–Kier alpha value is -4.53. The highest BCUT2D eigenvalue weighted by atomic mass is 79.9. The van der Waals surface area contributed by atoms with Crippen molar-refractivity contribution in [1.29, 1.82) is 0 Å². The van der Waals surface area contributed by atoms with Gasteiger partial charge >= 0.3 is 0 Å². The van der Waals surface area contributed by atoms with Gasteiger partial charge in [0.1, 0.15) is 17.3 Å². The highest BCUT2D eigenvalue weighted by Crippen LogP contribution is 2.25. The second kappa shape index (κ2) is 13.7. The molecule has 7 aromatic heterocycles. The normalized spacial score (nSPS) is 11.6. The van der Waals surface area contributed by atoms with Crippen LogP contribution in [-0.2, 0) is 11.1 Å². The molecule has 0 unspecified atom stereocenters. The standard InChI is InChI=1S/C18H18ClN7.C7H13N3.C6H3BrClN3/c1-18(2,3)26-9-7-13(23-26)12-5-4-6-16(21-12)22-14-11-15(19)24-25-10-8-20-17(14)25;1-7(2,3)10-5-4-6(8)9-10;7-4-3-5(8)10-11-2-1-9-6(4)11/h4-11H,1-3H3,(H,21,22);4-5H,1-3H3,(H2,8,9);1-3H. The van der Waals surface area contributed by atoms with Gasteiger partial charge in [-0.15, -0.1) is 0 Å².